The van der Waals surface area contributed by atoms with Crippen LogP contribution in [-0.4, -0.2) is 38.8 Å². The van der Waals surface area contributed by atoms with Crippen LogP contribution >= 0.6 is 0 Å². The minimum absolute atomic E-state index is 0.115. The van der Waals surface area contributed by atoms with E-state index in [1.165, 1.54) is 0 Å². The molecule has 0 saturated heterocycles. The van der Waals surface area contributed by atoms with Crippen molar-refractivity contribution >= 4 is 5.91 Å². The summed E-state index contributed by atoms with van der Waals surface area (Å²) >= 11 is 0. The molecule has 0 spiro atoms. The fourth-order valence-corrected chi connectivity index (χ4v) is 1.76. The molecule has 1 aliphatic rings. The minimum Gasteiger partial charge on any atom is -0.327 e. The van der Waals surface area contributed by atoms with Crippen molar-refractivity contribution in [1.82, 2.24) is 14.9 Å². The Hall–Kier alpha value is -1.94. The molecule has 2 rings (SSSR count). The van der Waals surface area contributed by atoms with Gasteiger partial charge in [-0.1, -0.05) is 0 Å². The van der Waals surface area contributed by atoms with Gasteiger partial charge in [0.1, 0.15) is 6.33 Å². The van der Waals surface area contributed by atoms with E-state index in [4.69, 9.17) is 0 Å². The van der Waals surface area contributed by atoms with Gasteiger partial charge in [-0.2, -0.15) is 30.7 Å². The van der Waals surface area contributed by atoms with E-state index in [2.05, 4.69) is 9.97 Å². The maximum atomic E-state index is 13.3. The van der Waals surface area contributed by atoms with Gasteiger partial charge in [0.15, 0.2) is 0 Å². The Balaban J connectivity index is 2.25. The fourth-order valence-electron chi connectivity index (χ4n) is 1.76. The van der Waals surface area contributed by atoms with Crippen molar-refractivity contribution in [2.45, 2.75) is 31.1 Å². The van der Waals surface area contributed by atoms with E-state index in [1.807, 2.05) is 0 Å². The molecule has 0 bridgehead atoms. The van der Waals surface area contributed by atoms with Crippen LogP contribution in [0.2, 0.25) is 0 Å². The highest BCUT2D eigenvalue weighted by Crippen LogP contribution is 2.47. The molecule has 0 atom stereocenters. The lowest BCUT2D eigenvalue weighted by Gasteiger charge is -2.29. The van der Waals surface area contributed by atoms with E-state index in [9.17, 15) is 35.5 Å². The highest BCUT2D eigenvalue weighted by molar-refractivity contribution is 5.85. The molecule has 0 saturated carbocycles. The maximum Gasteiger partial charge on any atom is 0.460 e. The van der Waals surface area contributed by atoms with E-state index in [1.54, 1.807) is 0 Å². The van der Waals surface area contributed by atoms with Gasteiger partial charge in [0.05, 0.1) is 12.2 Å². The van der Waals surface area contributed by atoms with E-state index >= 15 is 0 Å². The first-order valence-electron chi connectivity index (χ1n) is 5.38. The van der Waals surface area contributed by atoms with Gasteiger partial charge in [-0.05, 0) is 0 Å². The quantitative estimate of drug-likeness (QED) is 0.785. The summed E-state index contributed by atoms with van der Waals surface area (Å²) in [6, 6.07) is 0. The second kappa shape index (κ2) is 4.53. The Morgan fingerprint density at radius 1 is 1.10 bits per heavy atom. The molecule has 21 heavy (non-hydrogen) atoms. The molecule has 0 aromatic carbocycles. The molecule has 11 heteroatoms. The second-order valence-electron chi connectivity index (χ2n) is 4.30. The van der Waals surface area contributed by atoms with Gasteiger partial charge >= 0.3 is 23.9 Å². The van der Waals surface area contributed by atoms with Crippen LogP contribution in [-0.2, 0) is 17.9 Å². The molecule has 1 aromatic heterocycles. The molecule has 116 valence electrons. The average molecular weight is 317 g/mol. The Labute approximate surface area is 112 Å². The van der Waals surface area contributed by atoms with Crippen molar-refractivity contribution in [2.75, 3.05) is 0 Å². The summed E-state index contributed by atoms with van der Waals surface area (Å²) in [7, 11) is 0. The number of hydrogen-bond donors (Lipinski definition) is 0. The monoisotopic (exact) mass is 317 g/mol. The maximum absolute atomic E-state index is 13.3. The molecule has 1 amide bonds. The third-order valence-corrected chi connectivity index (χ3v) is 2.89. The van der Waals surface area contributed by atoms with Crippen LogP contribution < -0.4 is 0 Å². The number of rotatable bonds is 2. The molecule has 1 aliphatic heterocycles. The summed E-state index contributed by atoms with van der Waals surface area (Å²) in [6.45, 7) is -1.14. The normalized spacial score (nSPS) is 16.0. The third kappa shape index (κ3) is 2.29. The first-order valence-corrected chi connectivity index (χ1v) is 5.38. The number of hydrogen-bond acceptors (Lipinski definition) is 3. The van der Waals surface area contributed by atoms with Gasteiger partial charge in [-0.25, -0.2) is 9.97 Å². The van der Waals surface area contributed by atoms with Crippen LogP contribution in [0.4, 0.5) is 30.7 Å². The van der Waals surface area contributed by atoms with Gasteiger partial charge < -0.3 is 4.90 Å². The Kier molecular flexibility index (Phi) is 3.33. The predicted octanol–water partition coefficient (Wildman–Crippen LogP) is 2.15. The van der Waals surface area contributed by atoms with E-state index in [-0.39, 0.29) is 16.2 Å². The van der Waals surface area contributed by atoms with Crippen LogP contribution in [0.5, 0.6) is 0 Å². The lowest BCUT2D eigenvalue weighted by atomic mass is 10.1. The van der Waals surface area contributed by atoms with Gasteiger partial charge in [0, 0.05) is 18.3 Å². The van der Waals surface area contributed by atoms with Crippen molar-refractivity contribution < 1.29 is 35.5 Å². The number of carbonyl (C=O) groups excluding carboxylic acids is 1. The van der Waals surface area contributed by atoms with Crippen molar-refractivity contribution in [3.63, 3.8) is 0 Å². The predicted molar refractivity (Wildman–Crippen MR) is 52.2 cm³/mol. The van der Waals surface area contributed by atoms with Gasteiger partial charge in [0.2, 0.25) is 0 Å². The SMILES string of the molecule is O=C(N1Cc2cncnc2C1)C(F)(F)C(F)(F)C(F)(F)F. The highest BCUT2D eigenvalue weighted by Gasteiger charge is 2.77. The molecule has 0 aliphatic carbocycles. The summed E-state index contributed by atoms with van der Waals surface area (Å²) in [6.07, 6.45) is -4.34. The molecule has 0 radical (unpaired) electrons. The smallest absolute Gasteiger partial charge is 0.327 e. The molecular weight excluding hydrogens is 311 g/mol. The topological polar surface area (TPSA) is 46.1 Å². The van der Waals surface area contributed by atoms with Crippen molar-refractivity contribution in [2.24, 2.45) is 0 Å². The van der Waals surface area contributed by atoms with Gasteiger partial charge in [-0.3, -0.25) is 4.79 Å². The zero-order valence-corrected chi connectivity index (χ0v) is 9.96. The first-order chi connectivity index (χ1) is 9.48. The number of alkyl halides is 7. The zero-order valence-electron chi connectivity index (χ0n) is 9.96. The van der Waals surface area contributed by atoms with Crippen LogP contribution in [0.1, 0.15) is 11.3 Å². The standard InChI is InChI=1S/C10H6F7N3O/c11-8(12,9(13,14)10(15,16)17)7(21)20-2-5-1-18-4-19-6(5)3-20/h1,4H,2-3H2. The van der Waals surface area contributed by atoms with E-state index in [0.29, 0.717) is 0 Å². The number of amides is 1. The molecular formula is C10H6F7N3O. The Morgan fingerprint density at radius 2 is 1.71 bits per heavy atom. The highest BCUT2D eigenvalue weighted by atomic mass is 19.4. The lowest BCUT2D eigenvalue weighted by Crippen LogP contribution is -2.59. The van der Waals surface area contributed by atoms with E-state index in [0.717, 1.165) is 12.5 Å². The molecule has 0 unspecified atom stereocenters. The number of nitrogens with zero attached hydrogens (tertiary/aromatic N) is 3. The number of aromatic nitrogens is 2. The summed E-state index contributed by atoms with van der Waals surface area (Å²) < 4.78 is 88.2. The van der Waals surface area contributed by atoms with Crippen molar-refractivity contribution in [1.29, 1.82) is 0 Å². The van der Waals surface area contributed by atoms with Gasteiger partial charge in [-0.15, -0.1) is 0 Å². The first kappa shape index (κ1) is 15.4. The Bertz CT molecular complexity index is 547. The summed E-state index contributed by atoms with van der Waals surface area (Å²) in [5.74, 6) is -15.0. The van der Waals surface area contributed by atoms with Crippen LogP contribution in [0.25, 0.3) is 0 Å². The summed E-state index contributed by atoms with van der Waals surface area (Å²) in [5, 5.41) is 0. The van der Waals surface area contributed by atoms with Crippen molar-refractivity contribution in [3.8, 4) is 0 Å². The van der Waals surface area contributed by atoms with Crippen LogP contribution in [0, 0.1) is 0 Å². The molecule has 4 nitrogen and oxygen atoms in total. The number of carbonyl (C=O) groups is 1. The largest absolute Gasteiger partial charge is 0.460 e. The number of fused-ring (bicyclic) bond motifs is 1. The third-order valence-electron chi connectivity index (χ3n) is 2.89. The number of halogens is 7. The van der Waals surface area contributed by atoms with E-state index < -0.39 is 37.0 Å². The molecule has 2 heterocycles. The summed E-state index contributed by atoms with van der Waals surface area (Å²) in [4.78, 5) is 18.7. The van der Waals surface area contributed by atoms with Gasteiger partial charge in [0.25, 0.3) is 0 Å². The zero-order chi connectivity index (χ0) is 16.1. The molecule has 0 fully saturated rings. The molecule has 1 aromatic rings. The van der Waals surface area contributed by atoms with Crippen molar-refractivity contribution in [3.05, 3.63) is 23.8 Å². The van der Waals surface area contributed by atoms with Crippen LogP contribution in [0.15, 0.2) is 12.5 Å². The fraction of sp³-hybridized carbons (Fsp3) is 0.500. The second-order valence-corrected chi connectivity index (χ2v) is 4.30. The summed E-state index contributed by atoms with van der Waals surface area (Å²) in [5.41, 5.74) is 0.321. The minimum atomic E-state index is -6.54. The Morgan fingerprint density at radius 3 is 2.24 bits per heavy atom. The average Bonchev–Trinajstić information content (AvgIpc) is 2.79. The molecule has 0 N–H and O–H groups in total. The lowest BCUT2D eigenvalue weighted by molar-refractivity contribution is -0.346. The van der Waals surface area contributed by atoms with Crippen LogP contribution in [0.3, 0.4) is 0 Å².